The van der Waals surface area contributed by atoms with Crippen molar-refractivity contribution in [2.45, 2.75) is 38.1 Å². The summed E-state index contributed by atoms with van der Waals surface area (Å²) < 4.78 is 0. The van der Waals surface area contributed by atoms with E-state index in [1.54, 1.807) is 7.11 Å². The number of amides is 1. The summed E-state index contributed by atoms with van der Waals surface area (Å²) in [6, 6.07) is 0.548. The number of hydrogen-bond donors (Lipinski definition) is 0. The molecule has 0 radical (unpaired) electrons. The van der Waals surface area contributed by atoms with Crippen molar-refractivity contribution >= 4 is 5.91 Å². The van der Waals surface area contributed by atoms with Crippen LogP contribution >= 0.6 is 0 Å². The van der Waals surface area contributed by atoms with Crippen LogP contribution in [-0.2, 0) is 9.63 Å². The molecule has 1 heterocycles. The molecule has 0 aromatic carbocycles. The van der Waals surface area contributed by atoms with Gasteiger partial charge in [-0.05, 0) is 31.6 Å². The Bertz CT molecular complexity index is 245. The average molecular weight is 226 g/mol. The molecule has 1 aliphatic carbocycles. The fraction of sp³-hybridized carbons (Fsp3) is 0.917. The first-order chi connectivity index (χ1) is 7.70. The van der Waals surface area contributed by atoms with Crippen molar-refractivity contribution in [1.29, 1.82) is 0 Å². The second kappa shape index (κ2) is 5.15. The summed E-state index contributed by atoms with van der Waals surface area (Å²) in [5.41, 5.74) is 0. The Morgan fingerprint density at radius 3 is 2.44 bits per heavy atom. The lowest BCUT2D eigenvalue weighted by molar-refractivity contribution is -0.151. The van der Waals surface area contributed by atoms with Crippen molar-refractivity contribution in [1.82, 2.24) is 9.96 Å². The molecule has 0 aromatic heterocycles. The van der Waals surface area contributed by atoms with E-state index < -0.39 is 0 Å². The summed E-state index contributed by atoms with van der Waals surface area (Å²) in [4.78, 5) is 19.1. The second-order valence-corrected chi connectivity index (χ2v) is 4.99. The van der Waals surface area contributed by atoms with Crippen molar-refractivity contribution < 1.29 is 9.63 Å². The standard InChI is InChI=1S/C12H22N2O2/c1-13(11-3-4-11)12(15)9-10-5-7-14(16-2)8-6-10/h10-11H,3-9H2,1-2H3. The van der Waals surface area contributed by atoms with Crippen LogP contribution in [0.5, 0.6) is 0 Å². The molecule has 4 nitrogen and oxygen atoms in total. The van der Waals surface area contributed by atoms with E-state index in [1.807, 2.05) is 17.0 Å². The Balaban J connectivity index is 1.71. The SMILES string of the molecule is CON1CCC(CC(=O)N(C)C2CC2)CC1. The van der Waals surface area contributed by atoms with Crippen molar-refractivity contribution in [3.63, 3.8) is 0 Å². The van der Waals surface area contributed by atoms with E-state index in [0.717, 1.165) is 32.4 Å². The van der Waals surface area contributed by atoms with Gasteiger partial charge in [0.2, 0.25) is 5.91 Å². The number of carbonyl (C=O) groups is 1. The Hall–Kier alpha value is -0.610. The third kappa shape index (κ3) is 2.95. The van der Waals surface area contributed by atoms with E-state index in [4.69, 9.17) is 4.84 Å². The van der Waals surface area contributed by atoms with Gasteiger partial charge in [-0.2, -0.15) is 5.06 Å². The van der Waals surface area contributed by atoms with Crippen LogP contribution in [0.15, 0.2) is 0 Å². The topological polar surface area (TPSA) is 32.8 Å². The van der Waals surface area contributed by atoms with E-state index in [1.165, 1.54) is 12.8 Å². The summed E-state index contributed by atoms with van der Waals surface area (Å²) in [5.74, 6) is 0.887. The first-order valence-corrected chi connectivity index (χ1v) is 6.25. The molecule has 0 N–H and O–H groups in total. The van der Waals surface area contributed by atoms with Crippen molar-refractivity contribution in [3.8, 4) is 0 Å². The van der Waals surface area contributed by atoms with Gasteiger partial charge in [0.1, 0.15) is 0 Å². The molecule has 16 heavy (non-hydrogen) atoms. The first kappa shape index (κ1) is 11.9. The minimum absolute atomic E-state index is 0.332. The monoisotopic (exact) mass is 226 g/mol. The van der Waals surface area contributed by atoms with Crippen LogP contribution in [0, 0.1) is 5.92 Å². The highest BCUT2D eigenvalue weighted by Gasteiger charge is 2.31. The molecule has 0 unspecified atom stereocenters. The van der Waals surface area contributed by atoms with E-state index in [-0.39, 0.29) is 0 Å². The van der Waals surface area contributed by atoms with Gasteiger partial charge in [0.15, 0.2) is 0 Å². The number of hydrogen-bond acceptors (Lipinski definition) is 3. The molecule has 0 aromatic rings. The van der Waals surface area contributed by atoms with Gasteiger partial charge >= 0.3 is 0 Å². The first-order valence-electron chi connectivity index (χ1n) is 6.25. The maximum atomic E-state index is 11.9. The Kier molecular flexibility index (Phi) is 3.82. The van der Waals surface area contributed by atoms with Crippen LogP contribution in [0.3, 0.4) is 0 Å². The molecule has 1 saturated heterocycles. The van der Waals surface area contributed by atoms with Gasteiger partial charge in [-0.15, -0.1) is 0 Å². The molecule has 0 atom stereocenters. The maximum Gasteiger partial charge on any atom is 0.222 e. The predicted molar refractivity (Wildman–Crippen MR) is 61.7 cm³/mol. The van der Waals surface area contributed by atoms with E-state index in [0.29, 0.717) is 17.9 Å². The minimum atomic E-state index is 0.332. The second-order valence-electron chi connectivity index (χ2n) is 4.99. The lowest BCUT2D eigenvalue weighted by Gasteiger charge is -2.30. The molecule has 4 heteroatoms. The van der Waals surface area contributed by atoms with Crippen LogP contribution in [0.4, 0.5) is 0 Å². The summed E-state index contributed by atoms with van der Waals surface area (Å²) in [5, 5.41) is 1.98. The number of hydroxylamine groups is 2. The van der Waals surface area contributed by atoms with Crippen LogP contribution in [-0.4, -0.2) is 49.2 Å². The van der Waals surface area contributed by atoms with Gasteiger partial charge in [0.05, 0.1) is 7.11 Å². The van der Waals surface area contributed by atoms with Crippen molar-refractivity contribution in [3.05, 3.63) is 0 Å². The summed E-state index contributed by atoms with van der Waals surface area (Å²) in [7, 11) is 3.66. The Morgan fingerprint density at radius 2 is 1.94 bits per heavy atom. The maximum absolute atomic E-state index is 11.9. The summed E-state index contributed by atoms with van der Waals surface area (Å²) in [6.45, 7) is 1.92. The molecule has 1 saturated carbocycles. The summed E-state index contributed by atoms with van der Waals surface area (Å²) >= 11 is 0. The Morgan fingerprint density at radius 1 is 1.31 bits per heavy atom. The molecule has 1 amide bonds. The van der Waals surface area contributed by atoms with Crippen molar-refractivity contribution in [2.24, 2.45) is 5.92 Å². The molecular weight excluding hydrogens is 204 g/mol. The van der Waals surface area contributed by atoms with Crippen LogP contribution in [0.25, 0.3) is 0 Å². The van der Waals surface area contributed by atoms with Gasteiger partial charge in [-0.1, -0.05) is 0 Å². The van der Waals surface area contributed by atoms with E-state index in [9.17, 15) is 4.79 Å². The third-order valence-corrected chi connectivity index (χ3v) is 3.78. The number of piperidine rings is 1. The molecule has 92 valence electrons. The number of carbonyl (C=O) groups excluding carboxylic acids is 1. The highest BCUT2D eigenvalue weighted by Crippen LogP contribution is 2.28. The number of rotatable bonds is 4. The highest BCUT2D eigenvalue weighted by molar-refractivity contribution is 5.76. The van der Waals surface area contributed by atoms with E-state index in [2.05, 4.69) is 0 Å². The Labute approximate surface area is 97.5 Å². The number of nitrogens with zero attached hydrogens (tertiary/aromatic N) is 2. The fourth-order valence-electron chi connectivity index (χ4n) is 2.35. The van der Waals surface area contributed by atoms with Crippen molar-refractivity contribution in [2.75, 3.05) is 27.2 Å². The zero-order valence-electron chi connectivity index (χ0n) is 10.3. The zero-order chi connectivity index (χ0) is 11.5. The normalized spacial score (nSPS) is 23.4. The largest absolute Gasteiger partial charge is 0.343 e. The van der Waals surface area contributed by atoms with Crippen LogP contribution < -0.4 is 0 Å². The quantitative estimate of drug-likeness (QED) is 0.723. The minimum Gasteiger partial charge on any atom is -0.343 e. The molecule has 0 spiro atoms. The smallest absolute Gasteiger partial charge is 0.222 e. The lowest BCUT2D eigenvalue weighted by atomic mass is 9.94. The van der Waals surface area contributed by atoms with Crippen LogP contribution in [0.1, 0.15) is 32.1 Å². The molecule has 1 aliphatic heterocycles. The molecule has 0 bridgehead atoms. The molecular formula is C12H22N2O2. The molecule has 2 aliphatic rings. The highest BCUT2D eigenvalue weighted by atomic mass is 16.7. The van der Waals surface area contributed by atoms with Gasteiger partial charge in [-0.25, -0.2) is 0 Å². The molecule has 2 fully saturated rings. The average Bonchev–Trinajstić information content (AvgIpc) is 3.13. The third-order valence-electron chi connectivity index (χ3n) is 3.78. The van der Waals surface area contributed by atoms with Gasteiger partial charge in [0, 0.05) is 32.6 Å². The van der Waals surface area contributed by atoms with Crippen LogP contribution in [0.2, 0.25) is 0 Å². The van der Waals surface area contributed by atoms with Gasteiger partial charge in [-0.3, -0.25) is 4.79 Å². The predicted octanol–water partition coefficient (Wildman–Crippen LogP) is 1.27. The zero-order valence-corrected chi connectivity index (χ0v) is 10.3. The van der Waals surface area contributed by atoms with Gasteiger partial charge in [0.25, 0.3) is 0 Å². The summed E-state index contributed by atoms with van der Waals surface area (Å²) in [6.07, 6.45) is 5.29. The lowest BCUT2D eigenvalue weighted by Crippen LogP contribution is -2.36. The fourth-order valence-corrected chi connectivity index (χ4v) is 2.35. The van der Waals surface area contributed by atoms with Gasteiger partial charge < -0.3 is 9.74 Å². The van der Waals surface area contributed by atoms with E-state index >= 15 is 0 Å². The molecule has 2 rings (SSSR count).